The van der Waals surface area contributed by atoms with E-state index in [2.05, 4.69) is 15.4 Å². The number of aliphatic carboxylic acids is 1. The summed E-state index contributed by atoms with van der Waals surface area (Å²) in [5.41, 5.74) is -1.48. The molecular weight excluding hydrogens is 440 g/mol. The zero-order valence-corrected chi connectivity index (χ0v) is 20.3. The van der Waals surface area contributed by atoms with Crippen LogP contribution in [0.15, 0.2) is 12.2 Å². The lowest BCUT2D eigenvalue weighted by molar-refractivity contribution is -0.144. The molecule has 0 aliphatic rings. The van der Waals surface area contributed by atoms with Crippen molar-refractivity contribution < 1.29 is 48.0 Å². The summed E-state index contributed by atoms with van der Waals surface area (Å²) in [7, 11) is 1.19. The van der Waals surface area contributed by atoms with Crippen LogP contribution in [-0.4, -0.2) is 86.1 Å². The van der Waals surface area contributed by atoms with Crippen LogP contribution in [0.1, 0.15) is 41.5 Å². The maximum atomic E-state index is 11.8. The number of carboxylic acids is 1. The van der Waals surface area contributed by atoms with Gasteiger partial charge in [0.1, 0.15) is 11.2 Å². The second-order valence-corrected chi connectivity index (χ2v) is 8.81. The number of hydrogen-bond donors (Lipinski definition) is 3. The summed E-state index contributed by atoms with van der Waals surface area (Å²) in [4.78, 5) is 46.6. The van der Waals surface area contributed by atoms with Gasteiger partial charge in [-0.05, 0) is 41.5 Å². The van der Waals surface area contributed by atoms with Gasteiger partial charge in [0.2, 0.25) is 0 Å². The lowest BCUT2D eigenvalue weighted by atomic mass is 10.2. The molecule has 0 heterocycles. The Hall–Kier alpha value is -2.86. The molecule has 0 rings (SSSR count). The van der Waals surface area contributed by atoms with Crippen molar-refractivity contribution in [2.75, 3.05) is 33.5 Å². The molecule has 0 fully saturated rings. The monoisotopic (exact) mass is 476 g/mol. The minimum Gasteiger partial charge on any atom is -0.480 e. The molecule has 3 N–H and O–H groups in total. The third-order valence-electron chi connectivity index (χ3n) is 3.33. The average molecular weight is 477 g/mol. The van der Waals surface area contributed by atoms with Crippen molar-refractivity contribution in [3.05, 3.63) is 12.2 Å². The van der Waals surface area contributed by atoms with Gasteiger partial charge in [0.05, 0.1) is 33.5 Å². The zero-order chi connectivity index (χ0) is 25.7. The highest BCUT2D eigenvalue weighted by molar-refractivity contribution is 5.81. The van der Waals surface area contributed by atoms with Crippen molar-refractivity contribution >= 4 is 24.1 Å². The maximum Gasteiger partial charge on any atom is 0.408 e. The van der Waals surface area contributed by atoms with Crippen LogP contribution in [0.25, 0.3) is 0 Å². The van der Waals surface area contributed by atoms with E-state index < -0.39 is 47.4 Å². The second-order valence-electron chi connectivity index (χ2n) is 8.81. The molecule has 0 aromatic carbocycles. The lowest BCUT2D eigenvalue weighted by Crippen LogP contribution is -2.46. The number of carbonyl (C=O) groups excluding carboxylic acids is 3. The molecule has 190 valence electrons. The Morgan fingerprint density at radius 1 is 0.788 bits per heavy atom. The number of methoxy groups -OCH3 is 1. The minimum atomic E-state index is -1.27. The zero-order valence-electron chi connectivity index (χ0n) is 20.3. The first-order valence-corrected chi connectivity index (χ1v) is 10.2. The fourth-order valence-electron chi connectivity index (χ4n) is 2.03. The van der Waals surface area contributed by atoms with Crippen LogP contribution in [0.3, 0.4) is 0 Å². The number of esters is 1. The molecule has 0 saturated carbocycles. The van der Waals surface area contributed by atoms with Gasteiger partial charge in [0.25, 0.3) is 0 Å². The average Bonchev–Trinajstić information content (AvgIpc) is 2.64. The van der Waals surface area contributed by atoms with Crippen LogP contribution in [0.2, 0.25) is 0 Å². The van der Waals surface area contributed by atoms with E-state index in [0.29, 0.717) is 0 Å². The Kier molecular flexibility index (Phi) is 13.1. The maximum absolute atomic E-state index is 11.8. The molecule has 33 heavy (non-hydrogen) atoms. The van der Waals surface area contributed by atoms with Gasteiger partial charge < -0.3 is 39.4 Å². The molecule has 0 radical (unpaired) electrons. The van der Waals surface area contributed by atoms with Crippen molar-refractivity contribution in [2.24, 2.45) is 0 Å². The predicted molar refractivity (Wildman–Crippen MR) is 117 cm³/mol. The Balaban J connectivity index is 4.35. The van der Waals surface area contributed by atoms with Gasteiger partial charge in [-0.2, -0.15) is 0 Å². The Bertz CT molecular complexity index is 680. The van der Waals surface area contributed by atoms with Crippen LogP contribution in [0.4, 0.5) is 9.59 Å². The normalized spacial score (nSPS) is 13.7. The summed E-state index contributed by atoms with van der Waals surface area (Å²) < 4.78 is 25.3. The standard InChI is InChI=1S/C21H36N2O10/c1-20(2,3)32-18(27)22-14(16(24)25)12-30-10-8-9-11-31-13-15(17(26)29-7)23-19(28)33-21(4,5)6/h8-9,14-15H,10-13H2,1-7H3,(H,22,27)(H,23,28)(H,24,25)/t14-,15-/m0/s1. The van der Waals surface area contributed by atoms with Crippen molar-refractivity contribution in [1.29, 1.82) is 0 Å². The van der Waals surface area contributed by atoms with Crippen molar-refractivity contribution in [1.82, 2.24) is 10.6 Å². The Morgan fingerprint density at radius 3 is 1.55 bits per heavy atom. The summed E-state index contributed by atoms with van der Waals surface area (Å²) in [6.45, 7) is 9.76. The molecule has 0 unspecified atom stereocenters. The second kappa shape index (κ2) is 14.3. The topological polar surface area (TPSA) is 159 Å². The molecule has 0 saturated heterocycles. The number of ether oxygens (including phenoxy) is 5. The van der Waals surface area contributed by atoms with E-state index in [1.54, 1.807) is 53.7 Å². The number of amides is 2. The molecule has 0 spiro atoms. The summed E-state index contributed by atoms with van der Waals surface area (Å²) in [5.74, 6) is -1.95. The van der Waals surface area contributed by atoms with Gasteiger partial charge in [-0.3, -0.25) is 0 Å². The molecule has 0 aliphatic heterocycles. The van der Waals surface area contributed by atoms with Gasteiger partial charge in [0.15, 0.2) is 12.1 Å². The van der Waals surface area contributed by atoms with Crippen molar-refractivity contribution in [3.63, 3.8) is 0 Å². The van der Waals surface area contributed by atoms with Gasteiger partial charge in [-0.25, -0.2) is 19.2 Å². The third kappa shape index (κ3) is 16.4. The van der Waals surface area contributed by atoms with Crippen molar-refractivity contribution in [3.8, 4) is 0 Å². The molecule has 0 aromatic rings. The predicted octanol–water partition coefficient (Wildman–Crippen LogP) is 1.62. The third-order valence-corrected chi connectivity index (χ3v) is 3.33. The summed E-state index contributed by atoms with van der Waals surface area (Å²) >= 11 is 0. The van der Waals surface area contributed by atoms with E-state index in [1.807, 2.05) is 0 Å². The number of carbonyl (C=O) groups is 4. The number of hydrogen-bond acceptors (Lipinski definition) is 9. The highest BCUT2D eigenvalue weighted by Crippen LogP contribution is 2.08. The quantitative estimate of drug-likeness (QED) is 0.163. The Labute approximate surface area is 193 Å². The molecule has 0 bridgehead atoms. The molecule has 2 atom stereocenters. The lowest BCUT2D eigenvalue weighted by Gasteiger charge is -2.22. The van der Waals surface area contributed by atoms with E-state index in [-0.39, 0.29) is 26.4 Å². The van der Waals surface area contributed by atoms with Gasteiger partial charge in [-0.1, -0.05) is 12.2 Å². The Morgan fingerprint density at radius 2 is 1.18 bits per heavy atom. The highest BCUT2D eigenvalue weighted by atomic mass is 16.6. The van der Waals surface area contributed by atoms with Crippen LogP contribution in [-0.2, 0) is 33.3 Å². The summed E-state index contributed by atoms with van der Waals surface area (Å²) in [5, 5.41) is 13.8. The van der Waals surface area contributed by atoms with Crippen LogP contribution in [0.5, 0.6) is 0 Å². The van der Waals surface area contributed by atoms with Gasteiger partial charge in [0, 0.05) is 0 Å². The van der Waals surface area contributed by atoms with Crippen LogP contribution < -0.4 is 10.6 Å². The van der Waals surface area contributed by atoms with E-state index in [0.717, 1.165) is 0 Å². The molecule has 0 aliphatic carbocycles. The summed E-state index contributed by atoms with van der Waals surface area (Å²) in [6, 6.07) is -2.33. The SMILES string of the molecule is COC(=O)[C@H](COCC=CCOC[C@H](NC(=O)OC(C)(C)C)C(=O)O)NC(=O)OC(C)(C)C. The smallest absolute Gasteiger partial charge is 0.408 e. The first-order chi connectivity index (χ1) is 15.1. The number of carboxylic acid groups (broad SMARTS) is 1. The first-order valence-electron chi connectivity index (χ1n) is 10.2. The van der Waals surface area contributed by atoms with Crippen molar-refractivity contribution in [2.45, 2.75) is 64.8 Å². The molecule has 12 nitrogen and oxygen atoms in total. The van der Waals surface area contributed by atoms with E-state index in [9.17, 15) is 24.3 Å². The van der Waals surface area contributed by atoms with E-state index in [4.69, 9.17) is 18.9 Å². The molecule has 12 heteroatoms. The highest BCUT2D eigenvalue weighted by Gasteiger charge is 2.25. The largest absolute Gasteiger partial charge is 0.480 e. The minimum absolute atomic E-state index is 0.0553. The number of nitrogens with one attached hydrogen (secondary N) is 2. The molecular formula is C21H36N2O10. The molecule has 0 aromatic heterocycles. The van der Waals surface area contributed by atoms with Gasteiger partial charge >= 0.3 is 24.1 Å². The number of rotatable bonds is 12. The van der Waals surface area contributed by atoms with E-state index in [1.165, 1.54) is 7.11 Å². The van der Waals surface area contributed by atoms with Crippen LogP contribution in [0, 0.1) is 0 Å². The van der Waals surface area contributed by atoms with E-state index >= 15 is 0 Å². The number of alkyl carbamates (subject to hydrolysis) is 2. The first kappa shape index (κ1) is 30.1. The van der Waals surface area contributed by atoms with Crippen LogP contribution >= 0.6 is 0 Å². The summed E-state index contributed by atoms with van der Waals surface area (Å²) in [6.07, 6.45) is 1.51. The fraction of sp³-hybridized carbons (Fsp3) is 0.714. The van der Waals surface area contributed by atoms with Gasteiger partial charge in [-0.15, -0.1) is 0 Å². The molecule has 2 amide bonds. The fourth-order valence-corrected chi connectivity index (χ4v) is 2.03.